The van der Waals surface area contributed by atoms with Crippen molar-refractivity contribution in [2.24, 2.45) is 0 Å². The highest BCUT2D eigenvalue weighted by Crippen LogP contribution is 2.50. The number of phosphoric ester groups is 2. The molecule has 2 fully saturated rings. The van der Waals surface area contributed by atoms with Gasteiger partial charge in [0, 0.05) is 19.0 Å². The van der Waals surface area contributed by atoms with Gasteiger partial charge in [-0.1, -0.05) is 0 Å². The molecule has 0 spiro atoms. The fourth-order valence-corrected chi connectivity index (χ4v) is 6.08. The fourth-order valence-electron chi connectivity index (χ4n) is 4.55. The van der Waals surface area contributed by atoms with Gasteiger partial charge in [0.1, 0.15) is 54.5 Å². The lowest BCUT2D eigenvalue weighted by atomic mass is 10.2. The summed E-state index contributed by atoms with van der Waals surface area (Å²) >= 11 is 0. The summed E-state index contributed by atoms with van der Waals surface area (Å²) in [4.78, 5) is 57.0. The van der Waals surface area contributed by atoms with Crippen LogP contribution in [-0.2, 0) is 32.2 Å². The molecule has 2 saturated heterocycles. The summed E-state index contributed by atoms with van der Waals surface area (Å²) in [6, 6.07) is 1.31. The van der Waals surface area contributed by atoms with Crippen LogP contribution in [0.25, 0.3) is 11.2 Å². The number of nitrogens with zero attached hydrogens (tertiary/aromatic N) is 6. The van der Waals surface area contributed by atoms with Crippen molar-refractivity contribution in [3.63, 3.8) is 0 Å². The van der Waals surface area contributed by atoms with Crippen LogP contribution in [0.4, 0.5) is 11.6 Å². The third-order valence-corrected chi connectivity index (χ3v) is 7.90. The van der Waals surface area contributed by atoms with Crippen molar-refractivity contribution in [1.29, 1.82) is 0 Å². The molecule has 0 saturated carbocycles. The Hall–Kier alpha value is -2.87. The topological polar surface area (TPSA) is 292 Å². The Balaban J connectivity index is 1.26. The lowest BCUT2D eigenvalue weighted by molar-refractivity contribution is -0.0561. The van der Waals surface area contributed by atoms with Crippen molar-refractivity contribution in [3.8, 4) is 0 Å². The molecule has 0 amide bonds. The second-order valence-electron chi connectivity index (χ2n) is 9.08. The molecular formula is C19H26N8O12P2. The molecule has 3 aromatic rings. The number of nitrogen functional groups attached to an aromatic ring is 2. The van der Waals surface area contributed by atoms with Crippen LogP contribution in [0.1, 0.15) is 25.3 Å². The highest BCUT2D eigenvalue weighted by Gasteiger charge is 2.45. The van der Waals surface area contributed by atoms with Gasteiger partial charge >= 0.3 is 21.3 Å². The van der Waals surface area contributed by atoms with Crippen molar-refractivity contribution >= 4 is 38.4 Å². The monoisotopic (exact) mass is 620 g/mol. The zero-order valence-corrected chi connectivity index (χ0v) is 22.7. The predicted octanol–water partition coefficient (Wildman–Crippen LogP) is -1.20. The van der Waals surface area contributed by atoms with Crippen molar-refractivity contribution in [2.75, 3.05) is 24.7 Å². The molecule has 5 rings (SSSR count). The first-order valence-electron chi connectivity index (χ1n) is 11.9. The molecule has 0 radical (unpaired) electrons. The smallest absolute Gasteiger partial charge is 0.394 e. The van der Waals surface area contributed by atoms with Gasteiger partial charge in [0.15, 0.2) is 11.5 Å². The van der Waals surface area contributed by atoms with E-state index < -0.39 is 71.4 Å². The predicted molar refractivity (Wildman–Crippen MR) is 134 cm³/mol. The van der Waals surface area contributed by atoms with Gasteiger partial charge in [0.2, 0.25) is 0 Å². The molecule has 0 aromatic carbocycles. The quantitative estimate of drug-likeness (QED) is 0.145. The molecule has 3 aromatic heterocycles. The minimum absolute atomic E-state index is 0.0203. The second-order valence-corrected chi connectivity index (χ2v) is 11.7. The maximum Gasteiger partial charge on any atom is 0.472 e. The second kappa shape index (κ2) is 11.4. The van der Waals surface area contributed by atoms with Crippen LogP contribution < -0.4 is 17.2 Å². The van der Waals surface area contributed by atoms with Crippen molar-refractivity contribution in [3.05, 3.63) is 35.4 Å². The number of imidazole rings is 1. The number of anilines is 2. The van der Waals surface area contributed by atoms with Gasteiger partial charge in [0.05, 0.1) is 19.5 Å². The van der Waals surface area contributed by atoms with E-state index in [1.165, 1.54) is 29.5 Å². The summed E-state index contributed by atoms with van der Waals surface area (Å²) in [7, 11) is -9.91. The lowest BCUT2D eigenvalue weighted by Gasteiger charge is -2.23. The van der Waals surface area contributed by atoms with Crippen LogP contribution in [0.15, 0.2) is 29.7 Å². The van der Waals surface area contributed by atoms with Gasteiger partial charge in [-0.2, -0.15) is 4.98 Å². The average molecular weight is 620 g/mol. The number of hydrogen-bond donors (Lipinski definition) is 6. The summed E-state index contributed by atoms with van der Waals surface area (Å²) in [6.07, 6.45) is -3.10. The molecule has 5 heterocycles. The van der Waals surface area contributed by atoms with Crippen LogP contribution in [0.2, 0.25) is 0 Å². The van der Waals surface area contributed by atoms with Gasteiger partial charge in [-0.15, -0.1) is 0 Å². The van der Waals surface area contributed by atoms with Gasteiger partial charge in [0.25, 0.3) is 0 Å². The molecule has 8 N–H and O–H groups in total. The number of phosphoric acid groups is 2. The first-order chi connectivity index (χ1) is 19.3. The van der Waals surface area contributed by atoms with E-state index in [-0.39, 0.29) is 24.5 Å². The Morgan fingerprint density at radius 2 is 1.68 bits per heavy atom. The van der Waals surface area contributed by atoms with Crippen molar-refractivity contribution in [1.82, 2.24) is 29.1 Å². The van der Waals surface area contributed by atoms with E-state index in [0.717, 1.165) is 4.57 Å². The van der Waals surface area contributed by atoms with E-state index in [2.05, 4.69) is 19.9 Å². The highest BCUT2D eigenvalue weighted by atomic mass is 31.2. The maximum atomic E-state index is 12.9. The van der Waals surface area contributed by atoms with Crippen LogP contribution in [0.3, 0.4) is 0 Å². The fraction of sp³-hybridized carbons (Fsp3) is 0.526. The minimum Gasteiger partial charge on any atom is -0.394 e. The van der Waals surface area contributed by atoms with Crippen LogP contribution in [0, 0.1) is 0 Å². The Morgan fingerprint density at radius 3 is 2.37 bits per heavy atom. The van der Waals surface area contributed by atoms with Crippen LogP contribution in [0.5, 0.6) is 0 Å². The average Bonchev–Trinajstić information content (AvgIpc) is 3.59. The van der Waals surface area contributed by atoms with E-state index in [4.69, 9.17) is 34.5 Å². The molecule has 2 aliphatic heterocycles. The lowest BCUT2D eigenvalue weighted by Crippen LogP contribution is -2.30. The maximum absolute atomic E-state index is 12.9. The molecule has 1 unspecified atom stereocenters. The summed E-state index contributed by atoms with van der Waals surface area (Å²) in [5.74, 6) is 0.0879. The van der Waals surface area contributed by atoms with Crippen LogP contribution in [-0.4, -0.2) is 86.5 Å². The number of aliphatic hydroxyl groups excluding tert-OH is 1. The molecule has 2 aliphatic rings. The number of rotatable bonds is 10. The molecule has 0 bridgehead atoms. The number of nitrogens with two attached hydrogens (primary N) is 2. The van der Waals surface area contributed by atoms with E-state index in [1.54, 1.807) is 0 Å². The van der Waals surface area contributed by atoms with Gasteiger partial charge in [-0.25, -0.2) is 28.9 Å². The number of ether oxygens (including phenoxy) is 2. The Bertz CT molecular complexity index is 1560. The van der Waals surface area contributed by atoms with E-state index >= 15 is 0 Å². The Labute approximate surface area is 229 Å². The first kappa shape index (κ1) is 29.6. The summed E-state index contributed by atoms with van der Waals surface area (Å²) in [6.45, 7) is -1.30. The number of fused-ring (bicyclic) bond motifs is 1. The first-order valence-corrected chi connectivity index (χ1v) is 15.0. The summed E-state index contributed by atoms with van der Waals surface area (Å²) in [5, 5.41) is 9.79. The third-order valence-electron chi connectivity index (χ3n) is 6.34. The summed E-state index contributed by atoms with van der Waals surface area (Å²) in [5.41, 5.74) is 11.2. The van der Waals surface area contributed by atoms with Gasteiger partial charge in [-0.3, -0.25) is 22.7 Å². The zero-order chi connectivity index (χ0) is 29.5. The molecule has 7 atom stereocenters. The normalized spacial score (nSPS) is 28.3. The molecular weight excluding hydrogens is 594 g/mol. The largest absolute Gasteiger partial charge is 0.472 e. The standard InChI is InChI=1S/C19H26N8O12P2/c20-13-1-2-26(19(29)25-13)14-4-10(38-40(30,31)32)12(37-14)6-35-41(33,34)39-9-3-15(36-11(9)5-28)27-8-24-16-17(21)22-7-23-18(16)27/h1-2,7-12,14-15,28H,3-6H2,(H,33,34)(H2,20,25,29)(H2,21,22,23)(H2,30,31,32)/t9-,10-,11+,12+,14+,15+/m0/s1. The molecule has 224 valence electrons. The van der Waals surface area contributed by atoms with E-state index in [9.17, 15) is 33.7 Å². The van der Waals surface area contributed by atoms with Crippen molar-refractivity contribution < 1.29 is 52.0 Å². The SMILES string of the molecule is Nc1ccn([C@H]2C[C@H](OP(=O)(O)O)[C@@H](COP(=O)(O)O[C@H]3C[C@H](n4cnc5c(N)ncnc54)O[C@@H]3CO)O2)c(=O)n1. The summed E-state index contributed by atoms with van der Waals surface area (Å²) < 4.78 is 53.5. The van der Waals surface area contributed by atoms with E-state index in [1.807, 2.05) is 0 Å². The van der Waals surface area contributed by atoms with E-state index in [0.29, 0.717) is 11.2 Å². The van der Waals surface area contributed by atoms with Crippen molar-refractivity contribution in [2.45, 2.75) is 49.7 Å². The minimum atomic E-state index is -5.03. The number of hydrogen-bond acceptors (Lipinski definition) is 15. The molecule has 41 heavy (non-hydrogen) atoms. The Morgan fingerprint density at radius 1 is 1.00 bits per heavy atom. The Kier molecular flexibility index (Phi) is 8.25. The number of aliphatic hydroxyl groups is 1. The number of aromatic nitrogens is 6. The van der Waals surface area contributed by atoms with Gasteiger partial charge < -0.3 is 40.7 Å². The molecule has 0 aliphatic carbocycles. The molecule has 20 nitrogen and oxygen atoms in total. The highest BCUT2D eigenvalue weighted by molar-refractivity contribution is 7.47. The van der Waals surface area contributed by atoms with Gasteiger partial charge in [-0.05, 0) is 6.07 Å². The van der Waals surface area contributed by atoms with Crippen LogP contribution >= 0.6 is 15.6 Å². The molecule has 22 heteroatoms. The zero-order valence-electron chi connectivity index (χ0n) is 20.9. The third kappa shape index (κ3) is 6.63.